The third kappa shape index (κ3) is 4.61. The van der Waals surface area contributed by atoms with E-state index in [0.29, 0.717) is 18.9 Å². The largest absolute Gasteiger partial charge is 0.469 e. The first-order chi connectivity index (χ1) is 8.52. The minimum absolute atomic E-state index is 0.0190. The minimum atomic E-state index is -0.770. The van der Waals surface area contributed by atoms with E-state index in [4.69, 9.17) is 0 Å². The summed E-state index contributed by atoms with van der Waals surface area (Å²) >= 11 is 0. The number of halogens is 2. The first kappa shape index (κ1) is 14.3. The Bertz CT molecular complexity index is 424. The van der Waals surface area contributed by atoms with Crippen LogP contribution < -0.4 is 0 Å². The predicted molar refractivity (Wildman–Crippen MR) is 61.2 cm³/mol. The molecule has 5 heteroatoms. The van der Waals surface area contributed by atoms with Crippen LogP contribution in [0.4, 0.5) is 8.78 Å². The van der Waals surface area contributed by atoms with Gasteiger partial charge in [0.15, 0.2) is 5.78 Å². The number of rotatable bonds is 6. The number of ketones is 1. The van der Waals surface area contributed by atoms with Crippen LogP contribution in [-0.4, -0.2) is 18.9 Å². The highest BCUT2D eigenvalue weighted by atomic mass is 19.1. The SMILES string of the molecule is COC(=O)CCCCC(=O)c1cc(F)cc(F)c1. The van der Waals surface area contributed by atoms with Crippen LogP contribution in [0.3, 0.4) is 0 Å². The van der Waals surface area contributed by atoms with Crippen LogP contribution in [0, 0.1) is 11.6 Å². The summed E-state index contributed by atoms with van der Waals surface area (Å²) in [6.07, 6.45) is 1.38. The molecule has 0 radical (unpaired) electrons. The van der Waals surface area contributed by atoms with Crippen molar-refractivity contribution in [1.29, 1.82) is 0 Å². The van der Waals surface area contributed by atoms with E-state index in [1.54, 1.807) is 0 Å². The van der Waals surface area contributed by atoms with Gasteiger partial charge in [-0.25, -0.2) is 8.78 Å². The molecule has 0 N–H and O–H groups in total. The van der Waals surface area contributed by atoms with Crippen LogP contribution >= 0.6 is 0 Å². The highest BCUT2D eigenvalue weighted by molar-refractivity contribution is 5.96. The Labute approximate surface area is 104 Å². The number of ether oxygens (including phenoxy) is 1. The summed E-state index contributed by atoms with van der Waals surface area (Å²) in [7, 11) is 1.29. The van der Waals surface area contributed by atoms with Gasteiger partial charge in [0.1, 0.15) is 11.6 Å². The molecule has 98 valence electrons. The number of carbonyl (C=O) groups is 2. The number of benzene rings is 1. The maximum Gasteiger partial charge on any atom is 0.305 e. The highest BCUT2D eigenvalue weighted by Gasteiger charge is 2.09. The molecule has 0 aliphatic carbocycles. The number of esters is 1. The molecule has 0 spiro atoms. The van der Waals surface area contributed by atoms with Gasteiger partial charge < -0.3 is 4.74 Å². The van der Waals surface area contributed by atoms with Crippen LogP contribution in [-0.2, 0) is 9.53 Å². The molecule has 1 aromatic carbocycles. The van der Waals surface area contributed by atoms with E-state index in [1.807, 2.05) is 0 Å². The molecule has 1 aromatic rings. The molecule has 0 saturated carbocycles. The molecule has 0 aliphatic rings. The van der Waals surface area contributed by atoms with Crippen molar-refractivity contribution in [3.63, 3.8) is 0 Å². The van der Waals surface area contributed by atoms with Crippen LogP contribution in [0.25, 0.3) is 0 Å². The maximum absolute atomic E-state index is 12.9. The molecular weight excluding hydrogens is 242 g/mol. The van der Waals surface area contributed by atoms with Gasteiger partial charge >= 0.3 is 5.97 Å². The second-order valence-corrected chi connectivity index (χ2v) is 3.86. The van der Waals surface area contributed by atoms with E-state index in [-0.39, 0.29) is 30.2 Å². The summed E-state index contributed by atoms with van der Waals surface area (Å²) in [5.41, 5.74) is 0.0190. The Morgan fingerprint density at radius 1 is 1.06 bits per heavy atom. The molecule has 18 heavy (non-hydrogen) atoms. The van der Waals surface area contributed by atoms with E-state index >= 15 is 0 Å². The normalized spacial score (nSPS) is 10.2. The van der Waals surface area contributed by atoms with Crippen molar-refractivity contribution in [1.82, 2.24) is 0 Å². The van der Waals surface area contributed by atoms with Crippen LogP contribution in [0.1, 0.15) is 36.0 Å². The number of carbonyl (C=O) groups excluding carboxylic acids is 2. The fourth-order valence-corrected chi connectivity index (χ4v) is 1.52. The molecule has 0 amide bonds. The van der Waals surface area contributed by atoms with Gasteiger partial charge in [0.2, 0.25) is 0 Å². The lowest BCUT2D eigenvalue weighted by atomic mass is 10.0. The van der Waals surface area contributed by atoms with Crippen molar-refractivity contribution in [3.8, 4) is 0 Å². The molecule has 0 unspecified atom stereocenters. The van der Waals surface area contributed by atoms with Crippen molar-refractivity contribution in [2.75, 3.05) is 7.11 Å². The maximum atomic E-state index is 12.9. The molecule has 1 rings (SSSR count). The van der Waals surface area contributed by atoms with Crippen molar-refractivity contribution >= 4 is 11.8 Å². The number of unbranched alkanes of at least 4 members (excludes halogenated alkanes) is 1. The fraction of sp³-hybridized carbons (Fsp3) is 0.385. The molecule has 0 aromatic heterocycles. The Hall–Kier alpha value is -1.78. The lowest BCUT2D eigenvalue weighted by molar-refractivity contribution is -0.140. The van der Waals surface area contributed by atoms with Crippen molar-refractivity contribution in [2.24, 2.45) is 0 Å². The second-order valence-electron chi connectivity index (χ2n) is 3.86. The fourth-order valence-electron chi connectivity index (χ4n) is 1.52. The van der Waals surface area contributed by atoms with E-state index < -0.39 is 11.6 Å². The molecule has 0 saturated heterocycles. The standard InChI is InChI=1S/C13H14F2O3/c1-18-13(17)5-3-2-4-12(16)9-6-10(14)8-11(15)7-9/h6-8H,2-5H2,1H3. The number of hydrogen-bond acceptors (Lipinski definition) is 3. The summed E-state index contributed by atoms with van der Waals surface area (Å²) in [4.78, 5) is 22.4. The molecule has 0 atom stereocenters. The summed E-state index contributed by atoms with van der Waals surface area (Å²) in [6.45, 7) is 0. The van der Waals surface area contributed by atoms with Gasteiger partial charge in [-0.2, -0.15) is 0 Å². The van der Waals surface area contributed by atoms with Crippen molar-refractivity contribution in [3.05, 3.63) is 35.4 Å². The first-order valence-corrected chi connectivity index (χ1v) is 5.59. The topological polar surface area (TPSA) is 43.4 Å². The Kier molecular flexibility index (Phi) is 5.42. The summed E-state index contributed by atoms with van der Waals surface area (Å²) in [6, 6.07) is 2.73. The van der Waals surface area contributed by atoms with E-state index in [2.05, 4.69) is 4.74 Å². The Balaban J connectivity index is 2.43. The minimum Gasteiger partial charge on any atom is -0.469 e. The second kappa shape index (κ2) is 6.83. The zero-order valence-corrected chi connectivity index (χ0v) is 10.0. The third-order valence-electron chi connectivity index (χ3n) is 2.45. The molecule has 3 nitrogen and oxygen atoms in total. The summed E-state index contributed by atoms with van der Waals surface area (Å²) in [5, 5.41) is 0. The molecule has 0 bridgehead atoms. The zero-order valence-electron chi connectivity index (χ0n) is 10.0. The number of hydrogen-bond donors (Lipinski definition) is 0. The zero-order chi connectivity index (χ0) is 13.5. The average molecular weight is 256 g/mol. The summed E-state index contributed by atoms with van der Waals surface area (Å²) in [5.74, 6) is -2.21. The van der Waals surface area contributed by atoms with E-state index in [9.17, 15) is 18.4 Å². The third-order valence-corrected chi connectivity index (χ3v) is 2.45. The van der Waals surface area contributed by atoms with Gasteiger partial charge in [-0.3, -0.25) is 9.59 Å². The summed E-state index contributed by atoms with van der Waals surface area (Å²) < 4.78 is 30.2. The van der Waals surface area contributed by atoms with Crippen LogP contribution in [0.2, 0.25) is 0 Å². The average Bonchev–Trinajstić information content (AvgIpc) is 2.32. The first-order valence-electron chi connectivity index (χ1n) is 5.59. The predicted octanol–water partition coefficient (Wildman–Crippen LogP) is 2.88. The van der Waals surface area contributed by atoms with Gasteiger partial charge in [0.05, 0.1) is 7.11 Å². The quantitative estimate of drug-likeness (QED) is 0.446. The molecule has 0 aliphatic heterocycles. The molecule has 0 fully saturated rings. The Morgan fingerprint density at radius 2 is 1.61 bits per heavy atom. The monoisotopic (exact) mass is 256 g/mol. The lowest BCUT2D eigenvalue weighted by Crippen LogP contribution is -2.03. The van der Waals surface area contributed by atoms with E-state index in [0.717, 1.165) is 12.1 Å². The van der Waals surface area contributed by atoms with Gasteiger partial charge in [-0.15, -0.1) is 0 Å². The van der Waals surface area contributed by atoms with Gasteiger partial charge in [-0.05, 0) is 25.0 Å². The van der Waals surface area contributed by atoms with Crippen molar-refractivity contribution in [2.45, 2.75) is 25.7 Å². The van der Waals surface area contributed by atoms with Crippen LogP contribution in [0.5, 0.6) is 0 Å². The molecular formula is C13H14F2O3. The van der Waals surface area contributed by atoms with Crippen molar-refractivity contribution < 1.29 is 23.1 Å². The smallest absolute Gasteiger partial charge is 0.305 e. The van der Waals surface area contributed by atoms with Gasteiger partial charge in [-0.1, -0.05) is 0 Å². The van der Waals surface area contributed by atoms with Crippen LogP contribution in [0.15, 0.2) is 18.2 Å². The Morgan fingerprint density at radius 3 is 2.17 bits per heavy atom. The molecule has 0 heterocycles. The van der Waals surface area contributed by atoms with Gasteiger partial charge in [0.25, 0.3) is 0 Å². The lowest BCUT2D eigenvalue weighted by Gasteiger charge is -2.02. The van der Waals surface area contributed by atoms with E-state index in [1.165, 1.54) is 7.11 Å². The van der Waals surface area contributed by atoms with Gasteiger partial charge in [0, 0.05) is 24.5 Å². The number of methoxy groups -OCH3 is 1. The highest BCUT2D eigenvalue weighted by Crippen LogP contribution is 2.12. The number of Topliss-reactive ketones (excluding diaryl/α,β-unsaturated/α-hetero) is 1.